The molecule has 0 spiro atoms. The molecule has 1 saturated carbocycles. The molecule has 0 aromatic carbocycles. The quantitative estimate of drug-likeness (QED) is 0.633. The van der Waals surface area contributed by atoms with Crippen molar-refractivity contribution in [2.75, 3.05) is 12.4 Å². The minimum Gasteiger partial charge on any atom is -0.491 e. The van der Waals surface area contributed by atoms with Crippen LogP contribution < -0.4 is 4.74 Å². The van der Waals surface area contributed by atoms with Crippen molar-refractivity contribution in [3.63, 3.8) is 0 Å². The fraction of sp³-hybridized carbons (Fsp3) is 0.706. The van der Waals surface area contributed by atoms with Gasteiger partial charge >= 0.3 is 0 Å². The SMILES string of the molecule is CCc1nc(C)ccc1OCC1(CS)CCCCCC1. The molecule has 0 atom stereocenters. The lowest BCUT2D eigenvalue weighted by atomic mass is 9.83. The molecule has 20 heavy (non-hydrogen) atoms. The molecule has 0 saturated heterocycles. The average Bonchev–Trinajstić information content (AvgIpc) is 2.72. The Kier molecular flexibility index (Phi) is 5.76. The van der Waals surface area contributed by atoms with Crippen LogP contribution in [0.4, 0.5) is 0 Å². The first-order valence-electron chi connectivity index (χ1n) is 7.89. The van der Waals surface area contributed by atoms with Gasteiger partial charge in [-0.1, -0.05) is 32.6 Å². The molecule has 2 nitrogen and oxygen atoms in total. The first-order chi connectivity index (χ1) is 9.69. The van der Waals surface area contributed by atoms with Crippen LogP contribution in [0.3, 0.4) is 0 Å². The van der Waals surface area contributed by atoms with Gasteiger partial charge in [0.2, 0.25) is 0 Å². The van der Waals surface area contributed by atoms with Crippen LogP contribution in [-0.4, -0.2) is 17.3 Å². The van der Waals surface area contributed by atoms with Gasteiger partial charge in [-0.15, -0.1) is 0 Å². The number of ether oxygens (including phenoxy) is 1. The molecule has 1 aromatic rings. The third-order valence-electron chi connectivity index (χ3n) is 4.44. The molecule has 2 rings (SSSR count). The summed E-state index contributed by atoms with van der Waals surface area (Å²) >= 11 is 4.61. The lowest BCUT2D eigenvalue weighted by Crippen LogP contribution is -2.30. The molecule has 0 unspecified atom stereocenters. The van der Waals surface area contributed by atoms with E-state index in [-0.39, 0.29) is 5.41 Å². The highest BCUT2D eigenvalue weighted by Gasteiger charge is 2.30. The zero-order chi connectivity index (χ0) is 14.4. The zero-order valence-electron chi connectivity index (χ0n) is 12.8. The summed E-state index contributed by atoms with van der Waals surface area (Å²) < 4.78 is 6.16. The van der Waals surface area contributed by atoms with Crippen LogP contribution in [0.2, 0.25) is 0 Å². The molecule has 1 heterocycles. The Labute approximate surface area is 128 Å². The molecule has 0 aliphatic heterocycles. The van der Waals surface area contributed by atoms with Gasteiger partial charge in [-0.3, -0.25) is 4.98 Å². The monoisotopic (exact) mass is 293 g/mol. The summed E-state index contributed by atoms with van der Waals surface area (Å²) in [5, 5.41) is 0. The highest BCUT2D eigenvalue weighted by molar-refractivity contribution is 7.80. The van der Waals surface area contributed by atoms with E-state index in [1.807, 2.05) is 13.0 Å². The fourth-order valence-corrected chi connectivity index (χ4v) is 3.45. The molecule has 1 aliphatic carbocycles. The summed E-state index contributed by atoms with van der Waals surface area (Å²) in [4.78, 5) is 4.58. The lowest BCUT2D eigenvalue weighted by molar-refractivity contribution is 0.147. The van der Waals surface area contributed by atoms with Gasteiger partial charge in [0.05, 0.1) is 12.3 Å². The van der Waals surface area contributed by atoms with Gasteiger partial charge < -0.3 is 4.74 Å². The molecule has 1 aromatic heterocycles. The van der Waals surface area contributed by atoms with Crippen LogP contribution >= 0.6 is 12.6 Å². The van der Waals surface area contributed by atoms with E-state index in [1.165, 1.54) is 38.5 Å². The Balaban J connectivity index is 2.05. The summed E-state index contributed by atoms with van der Waals surface area (Å²) in [7, 11) is 0. The van der Waals surface area contributed by atoms with Crippen molar-refractivity contribution in [3.05, 3.63) is 23.5 Å². The Morgan fingerprint density at radius 3 is 2.50 bits per heavy atom. The maximum Gasteiger partial charge on any atom is 0.140 e. The van der Waals surface area contributed by atoms with Gasteiger partial charge in [0.1, 0.15) is 5.75 Å². The van der Waals surface area contributed by atoms with Crippen molar-refractivity contribution in [1.29, 1.82) is 0 Å². The molecular formula is C17H27NOS. The van der Waals surface area contributed by atoms with Crippen LogP contribution in [-0.2, 0) is 6.42 Å². The van der Waals surface area contributed by atoms with Crippen molar-refractivity contribution in [1.82, 2.24) is 4.98 Å². The van der Waals surface area contributed by atoms with Crippen LogP contribution in [0.15, 0.2) is 12.1 Å². The summed E-state index contributed by atoms with van der Waals surface area (Å²) in [5.41, 5.74) is 2.40. The van der Waals surface area contributed by atoms with Crippen LogP contribution in [0.1, 0.15) is 56.8 Å². The summed E-state index contributed by atoms with van der Waals surface area (Å²) in [6.07, 6.45) is 8.77. The lowest BCUT2D eigenvalue weighted by Gasteiger charge is -2.31. The number of pyridine rings is 1. The van der Waals surface area contributed by atoms with Gasteiger partial charge in [0.15, 0.2) is 0 Å². The molecule has 0 bridgehead atoms. The van der Waals surface area contributed by atoms with Crippen molar-refractivity contribution < 1.29 is 4.74 Å². The van der Waals surface area contributed by atoms with E-state index >= 15 is 0 Å². The van der Waals surface area contributed by atoms with Crippen molar-refractivity contribution in [3.8, 4) is 5.75 Å². The molecular weight excluding hydrogens is 266 g/mol. The number of hydrogen-bond acceptors (Lipinski definition) is 3. The fourth-order valence-electron chi connectivity index (χ4n) is 3.04. The van der Waals surface area contributed by atoms with Crippen molar-refractivity contribution in [2.24, 2.45) is 5.41 Å². The number of aromatic nitrogens is 1. The van der Waals surface area contributed by atoms with E-state index in [9.17, 15) is 0 Å². The number of thiol groups is 1. The number of nitrogens with zero attached hydrogens (tertiary/aromatic N) is 1. The number of aryl methyl sites for hydroxylation is 2. The first kappa shape index (κ1) is 15.7. The highest BCUT2D eigenvalue weighted by atomic mass is 32.1. The molecule has 1 aliphatic rings. The van der Waals surface area contributed by atoms with Gasteiger partial charge in [0, 0.05) is 11.1 Å². The van der Waals surface area contributed by atoms with E-state index in [4.69, 9.17) is 4.74 Å². The summed E-state index contributed by atoms with van der Waals surface area (Å²) in [5.74, 6) is 1.89. The third kappa shape index (κ3) is 3.91. The summed E-state index contributed by atoms with van der Waals surface area (Å²) in [6, 6.07) is 4.11. The molecule has 0 N–H and O–H groups in total. The van der Waals surface area contributed by atoms with Crippen LogP contribution in [0.25, 0.3) is 0 Å². The van der Waals surface area contributed by atoms with E-state index in [2.05, 4.69) is 30.6 Å². The first-order valence-corrected chi connectivity index (χ1v) is 8.52. The Morgan fingerprint density at radius 1 is 1.20 bits per heavy atom. The van der Waals surface area contributed by atoms with E-state index < -0.39 is 0 Å². The third-order valence-corrected chi connectivity index (χ3v) is 5.11. The maximum atomic E-state index is 6.16. The van der Waals surface area contributed by atoms with E-state index in [0.29, 0.717) is 0 Å². The molecule has 0 amide bonds. The van der Waals surface area contributed by atoms with Crippen molar-refractivity contribution >= 4 is 12.6 Å². The van der Waals surface area contributed by atoms with Crippen LogP contribution in [0.5, 0.6) is 5.75 Å². The normalized spacial score (nSPS) is 18.6. The molecule has 3 heteroatoms. The number of rotatable bonds is 5. The molecule has 0 radical (unpaired) electrons. The predicted molar refractivity (Wildman–Crippen MR) is 87.8 cm³/mol. The van der Waals surface area contributed by atoms with Gasteiger partial charge in [-0.2, -0.15) is 12.6 Å². The highest BCUT2D eigenvalue weighted by Crippen LogP contribution is 2.37. The van der Waals surface area contributed by atoms with Crippen molar-refractivity contribution in [2.45, 2.75) is 58.8 Å². The van der Waals surface area contributed by atoms with Gasteiger partial charge in [-0.25, -0.2) is 0 Å². The zero-order valence-corrected chi connectivity index (χ0v) is 13.7. The van der Waals surface area contributed by atoms with Crippen LogP contribution in [0, 0.1) is 12.3 Å². The second-order valence-corrected chi connectivity index (χ2v) is 6.43. The minimum atomic E-state index is 0.259. The average molecular weight is 293 g/mol. The molecule has 1 fully saturated rings. The predicted octanol–water partition coefficient (Wildman–Crippen LogP) is 4.60. The smallest absolute Gasteiger partial charge is 0.140 e. The second kappa shape index (κ2) is 7.35. The standard InChI is InChI=1S/C17H27NOS/c1-3-15-16(9-8-14(2)18-15)19-12-17(13-20)10-6-4-5-7-11-17/h8-9,20H,3-7,10-13H2,1-2H3. The molecule has 112 valence electrons. The van der Waals surface area contributed by atoms with Gasteiger partial charge in [-0.05, 0) is 44.1 Å². The summed E-state index contributed by atoms with van der Waals surface area (Å²) in [6.45, 7) is 4.95. The largest absolute Gasteiger partial charge is 0.491 e. The Bertz CT molecular complexity index is 425. The maximum absolute atomic E-state index is 6.16. The van der Waals surface area contributed by atoms with E-state index in [1.54, 1.807) is 0 Å². The minimum absolute atomic E-state index is 0.259. The number of hydrogen-bond donors (Lipinski definition) is 1. The Hall–Kier alpha value is -0.700. The van der Waals surface area contributed by atoms with E-state index in [0.717, 1.165) is 35.9 Å². The topological polar surface area (TPSA) is 22.1 Å². The Morgan fingerprint density at radius 2 is 1.90 bits per heavy atom. The van der Waals surface area contributed by atoms with Gasteiger partial charge in [0.25, 0.3) is 0 Å². The second-order valence-electron chi connectivity index (χ2n) is 6.11.